The van der Waals surface area contributed by atoms with Crippen LogP contribution in [0.1, 0.15) is 16.7 Å². The lowest BCUT2D eigenvalue weighted by atomic mass is 10.1. The Morgan fingerprint density at radius 2 is 2.03 bits per heavy atom. The number of hydrogen-bond donors (Lipinski definition) is 3. The molecule has 6 nitrogen and oxygen atoms in total. The van der Waals surface area contributed by atoms with Crippen LogP contribution < -0.4 is 15.5 Å². The normalized spacial score (nSPS) is 12.8. The number of pyridine rings is 1. The summed E-state index contributed by atoms with van der Waals surface area (Å²) in [4.78, 5) is 22.5. The van der Waals surface area contributed by atoms with Crippen LogP contribution in [0, 0.1) is 6.92 Å². The maximum Gasteiger partial charge on any atom is 0.323 e. The summed E-state index contributed by atoms with van der Waals surface area (Å²) in [6.45, 7) is 3.73. The molecule has 5 rings (SSSR count). The number of carbonyl (C=O) groups excluding carboxylic acids is 1. The van der Waals surface area contributed by atoms with Crippen molar-refractivity contribution in [2.45, 2.75) is 19.9 Å². The standard InChI is InChI=1S/C24H23N5O/c1-16-4-2-5-18(14-16)27-24(30)28-21-6-3-7-22-20(21)10-13-29(22)15-17-8-11-25-23-19(17)9-12-26-23/h2-9,11-12,14H,10,13,15H2,1H3,(H,25,26)(H2,27,28,30). The summed E-state index contributed by atoms with van der Waals surface area (Å²) in [6, 6.07) is 17.8. The van der Waals surface area contributed by atoms with Gasteiger partial charge in [0, 0.05) is 53.5 Å². The van der Waals surface area contributed by atoms with Crippen molar-refractivity contribution in [2.24, 2.45) is 0 Å². The average molecular weight is 397 g/mol. The molecule has 0 saturated heterocycles. The predicted molar refractivity (Wildman–Crippen MR) is 121 cm³/mol. The summed E-state index contributed by atoms with van der Waals surface area (Å²) in [7, 11) is 0. The fourth-order valence-corrected chi connectivity index (χ4v) is 4.15. The first kappa shape index (κ1) is 18.2. The molecular weight excluding hydrogens is 374 g/mol. The first-order valence-electron chi connectivity index (χ1n) is 10.1. The lowest BCUT2D eigenvalue weighted by Crippen LogP contribution is -2.20. The Morgan fingerprint density at radius 1 is 1.13 bits per heavy atom. The summed E-state index contributed by atoms with van der Waals surface area (Å²) in [6.07, 6.45) is 4.67. The second kappa shape index (κ2) is 7.55. The van der Waals surface area contributed by atoms with Crippen LogP contribution in [0.4, 0.5) is 21.9 Å². The number of aromatic nitrogens is 2. The van der Waals surface area contributed by atoms with Crippen molar-refractivity contribution < 1.29 is 4.79 Å². The Kier molecular flexibility index (Phi) is 4.59. The van der Waals surface area contributed by atoms with Gasteiger partial charge in [0.05, 0.1) is 0 Å². The number of aromatic amines is 1. The Morgan fingerprint density at radius 3 is 2.93 bits per heavy atom. The second-order valence-corrected chi connectivity index (χ2v) is 7.63. The lowest BCUT2D eigenvalue weighted by molar-refractivity contribution is 0.262. The summed E-state index contributed by atoms with van der Waals surface area (Å²) in [5.74, 6) is 0. The van der Waals surface area contributed by atoms with E-state index in [1.54, 1.807) is 0 Å². The molecule has 30 heavy (non-hydrogen) atoms. The minimum atomic E-state index is -0.226. The molecule has 1 aliphatic rings. The Labute approximate surface area is 174 Å². The SMILES string of the molecule is Cc1cccc(NC(=O)Nc2cccc3c2CCN3Cc2ccnc3[nH]ccc23)c1. The van der Waals surface area contributed by atoms with Crippen LogP contribution in [-0.4, -0.2) is 22.5 Å². The summed E-state index contributed by atoms with van der Waals surface area (Å²) < 4.78 is 0. The van der Waals surface area contributed by atoms with E-state index in [-0.39, 0.29) is 6.03 Å². The van der Waals surface area contributed by atoms with Gasteiger partial charge in [0.25, 0.3) is 0 Å². The molecular formula is C24H23N5O. The maximum absolute atomic E-state index is 12.5. The zero-order chi connectivity index (χ0) is 20.5. The van der Waals surface area contributed by atoms with Crippen LogP contribution in [0.25, 0.3) is 11.0 Å². The minimum absolute atomic E-state index is 0.226. The summed E-state index contributed by atoms with van der Waals surface area (Å²) in [5, 5.41) is 7.10. The van der Waals surface area contributed by atoms with Gasteiger partial charge in [0.15, 0.2) is 0 Å². The molecule has 150 valence electrons. The van der Waals surface area contributed by atoms with Gasteiger partial charge < -0.3 is 20.5 Å². The first-order chi connectivity index (χ1) is 14.7. The van der Waals surface area contributed by atoms with Crippen molar-refractivity contribution in [3.63, 3.8) is 0 Å². The molecule has 0 aliphatic carbocycles. The molecule has 0 bridgehead atoms. The average Bonchev–Trinajstić information content (AvgIpc) is 3.36. The number of nitrogens with one attached hydrogen (secondary N) is 3. The molecule has 0 spiro atoms. The Hall–Kier alpha value is -3.80. The highest BCUT2D eigenvalue weighted by molar-refractivity contribution is 6.01. The highest BCUT2D eigenvalue weighted by atomic mass is 16.2. The van der Waals surface area contributed by atoms with E-state index in [0.717, 1.165) is 47.5 Å². The van der Waals surface area contributed by atoms with E-state index in [0.29, 0.717) is 0 Å². The van der Waals surface area contributed by atoms with Crippen molar-refractivity contribution in [2.75, 3.05) is 22.1 Å². The van der Waals surface area contributed by atoms with Crippen molar-refractivity contribution in [1.82, 2.24) is 9.97 Å². The predicted octanol–water partition coefficient (Wildman–Crippen LogP) is 5.08. The van der Waals surface area contributed by atoms with Crippen LogP contribution in [0.2, 0.25) is 0 Å². The fraction of sp³-hybridized carbons (Fsp3) is 0.167. The second-order valence-electron chi connectivity index (χ2n) is 7.63. The molecule has 2 amide bonds. The summed E-state index contributed by atoms with van der Waals surface area (Å²) >= 11 is 0. The molecule has 3 heterocycles. The number of H-pyrrole nitrogens is 1. The summed E-state index contributed by atoms with van der Waals surface area (Å²) in [5.41, 5.74) is 7.26. The van der Waals surface area contributed by atoms with Gasteiger partial charge in [-0.25, -0.2) is 9.78 Å². The molecule has 2 aromatic heterocycles. The molecule has 3 N–H and O–H groups in total. The monoisotopic (exact) mass is 397 g/mol. The molecule has 6 heteroatoms. The zero-order valence-corrected chi connectivity index (χ0v) is 16.8. The number of rotatable bonds is 4. The van der Waals surface area contributed by atoms with Crippen molar-refractivity contribution >= 4 is 34.1 Å². The molecule has 0 unspecified atom stereocenters. The number of hydrogen-bond acceptors (Lipinski definition) is 3. The number of urea groups is 1. The number of aryl methyl sites for hydroxylation is 1. The van der Waals surface area contributed by atoms with Crippen LogP contribution in [0.5, 0.6) is 0 Å². The number of nitrogens with zero attached hydrogens (tertiary/aromatic N) is 2. The number of anilines is 3. The van der Waals surface area contributed by atoms with Crippen molar-refractivity contribution in [3.05, 3.63) is 83.7 Å². The van der Waals surface area contributed by atoms with E-state index in [4.69, 9.17) is 0 Å². The van der Waals surface area contributed by atoms with Crippen LogP contribution >= 0.6 is 0 Å². The third-order valence-corrected chi connectivity index (χ3v) is 5.56. The van der Waals surface area contributed by atoms with Gasteiger partial charge in [0.1, 0.15) is 5.65 Å². The van der Waals surface area contributed by atoms with Crippen LogP contribution in [0.3, 0.4) is 0 Å². The molecule has 2 aromatic carbocycles. The number of carbonyl (C=O) groups is 1. The third-order valence-electron chi connectivity index (χ3n) is 5.56. The molecule has 1 aliphatic heterocycles. The van der Waals surface area contributed by atoms with E-state index < -0.39 is 0 Å². The van der Waals surface area contributed by atoms with E-state index in [2.05, 4.69) is 43.7 Å². The van der Waals surface area contributed by atoms with Crippen LogP contribution in [0.15, 0.2) is 67.0 Å². The van der Waals surface area contributed by atoms with Crippen molar-refractivity contribution in [1.29, 1.82) is 0 Å². The van der Waals surface area contributed by atoms with E-state index in [9.17, 15) is 4.79 Å². The lowest BCUT2D eigenvalue weighted by Gasteiger charge is -2.20. The topological polar surface area (TPSA) is 73.1 Å². The number of amides is 2. The highest BCUT2D eigenvalue weighted by Gasteiger charge is 2.23. The van der Waals surface area contributed by atoms with E-state index >= 15 is 0 Å². The molecule has 0 radical (unpaired) electrons. The highest BCUT2D eigenvalue weighted by Crippen LogP contribution is 2.35. The van der Waals surface area contributed by atoms with E-state index in [1.807, 2.05) is 55.7 Å². The Balaban J connectivity index is 1.34. The molecule has 0 fully saturated rings. The molecule has 4 aromatic rings. The maximum atomic E-state index is 12.5. The largest absolute Gasteiger partial charge is 0.367 e. The third kappa shape index (κ3) is 3.48. The molecule has 0 saturated carbocycles. The fourth-order valence-electron chi connectivity index (χ4n) is 4.15. The van der Waals surface area contributed by atoms with Gasteiger partial charge in [-0.05, 0) is 60.9 Å². The van der Waals surface area contributed by atoms with E-state index in [1.165, 1.54) is 16.8 Å². The zero-order valence-electron chi connectivity index (χ0n) is 16.8. The van der Waals surface area contributed by atoms with Gasteiger partial charge in [0.2, 0.25) is 0 Å². The molecule has 0 atom stereocenters. The number of fused-ring (bicyclic) bond motifs is 2. The first-order valence-corrected chi connectivity index (χ1v) is 10.1. The van der Waals surface area contributed by atoms with Gasteiger partial charge in [-0.1, -0.05) is 18.2 Å². The quantitative estimate of drug-likeness (QED) is 0.450. The van der Waals surface area contributed by atoms with Gasteiger partial charge >= 0.3 is 6.03 Å². The number of benzene rings is 2. The van der Waals surface area contributed by atoms with Gasteiger partial charge in [-0.2, -0.15) is 0 Å². The van der Waals surface area contributed by atoms with Crippen LogP contribution in [-0.2, 0) is 13.0 Å². The van der Waals surface area contributed by atoms with Gasteiger partial charge in [-0.3, -0.25) is 0 Å². The van der Waals surface area contributed by atoms with Crippen molar-refractivity contribution in [3.8, 4) is 0 Å². The Bertz CT molecular complexity index is 1230. The minimum Gasteiger partial charge on any atom is -0.367 e. The van der Waals surface area contributed by atoms with Gasteiger partial charge in [-0.15, -0.1) is 0 Å². The smallest absolute Gasteiger partial charge is 0.323 e.